The molecule has 0 spiro atoms. The van der Waals surface area contributed by atoms with Crippen molar-refractivity contribution in [3.63, 3.8) is 0 Å². The third kappa shape index (κ3) is 2.10. The quantitative estimate of drug-likeness (QED) is 0.745. The summed E-state index contributed by atoms with van der Waals surface area (Å²) in [4.78, 5) is 14.6. The first-order valence-electron chi connectivity index (χ1n) is 3.97. The zero-order chi connectivity index (χ0) is 11.0. The van der Waals surface area contributed by atoms with E-state index in [0.29, 0.717) is 15.1 Å². The number of nitrogens with zero attached hydrogens (tertiary/aromatic N) is 1. The molecule has 0 fully saturated rings. The van der Waals surface area contributed by atoms with Gasteiger partial charge in [0.15, 0.2) is 11.6 Å². The van der Waals surface area contributed by atoms with Crippen LogP contribution in [0.1, 0.15) is 5.56 Å². The van der Waals surface area contributed by atoms with Crippen LogP contribution in [0.3, 0.4) is 0 Å². The standard InChI is InChI=1S/C9H4BrF2NOS/c10-5-2-7(12)6(11)1-4(5)9-13-8(14)3-15-9/h1-2H,3H2. The van der Waals surface area contributed by atoms with Crippen molar-refractivity contribution in [2.45, 2.75) is 0 Å². The Balaban J connectivity index is 2.49. The molecular weight excluding hydrogens is 288 g/mol. The van der Waals surface area contributed by atoms with Crippen molar-refractivity contribution >= 4 is 38.6 Å². The summed E-state index contributed by atoms with van der Waals surface area (Å²) in [6.45, 7) is 0. The molecule has 6 heteroatoms. The van der Waals surface area contributed by atoms with Crippen molar-refractivity contribution < 1.29 is 13.6 Å². The normalized spacial score (nSPS) is 15.7. The van der Waals surface area contributed by atoms with Crippen LogP contribution >= 0.6 is 27.7 Å². The molecule has 0 aliphatic carbocycles. The summed E-state index contributed by atoms with van der Waals surface area (Å²) in [6.07, 6.45) is 0. The summed E-state index contributed by atoms with van der Waals surface area (Å²) < 4.78 is 26.2. The van der Waals surface area contributed by atoms with E-state index in [0.717, 1.165) is 12.1 Å². The summed E-state index contributed by atoms with van der Waals surface area (Å²) in [5.74, 6) is -1.89. The molecule has 1 aliphatic rings. The fraction of sp³-hybridized carbons (Fsp3) is 0.111. The number of carbonyl (C=O) groups excluding carboxylic acids is 1. The number of aliphatic imine (C=N–C) groups is 1. The second-order valence-electron chi connectivity index (χ2n) is 2.85. The molecule has 0 aromatic heterocycles. The molecule has 0 unspecified atom stereocenters. The Morgan fingerprint density at radius 2 is 2.00 bits per heavy atom. The highest BCUT2D eigenvalue weighted by Gasteiger charge is 2.20. The third-order valence-corrected chi connectivity index (χ3v) is 3.43. The molecule has 1 aliphatic heterocycles. The number of rotatable bonds is 1. The van der Waals surface area contributed by atoms with E-state index in [1.165, 1.54) is 11.8 Å². The van der Waals surface area contributed by atoms with E-state index >= 15 is 0 Å². The van der Waals surface area contributed by atoms with Crippen LogP contribution in [0.15, 0.2) is 21.6 Å². The lowest BCUT2D eigenvalue weighted by Gasteiger charge is -2.03. The second kappa shape index (κ2) is 4.02. The van der Waals surface area contributed by atoms with Crippen molar-refractivity contribution in [3.8, 4) is 0 Å². The van der Waals surface area contributed by atoms with Crippen LogP contribution in [-0.4, -0.2) is 16.7 Å². The molecular formula is C9H4BrF2NOS. The van der Waals surface area contributed by atoms with E-state index in [1.807, 2.05) is 0 Å². The van der Waals surface area contributed by atoms with Gasteiger partial charge < -0.3 is 0 Å². The average Bonchev–Trinajstić information content (AvgIpc) is 2.58. The zero-order valence-electron chi connectivity index (χ0n) is 7.26. The molecule has 0 saturated heterocycles. The van der Waals surface area contributed by atoms with E-state index in [4.69, 9.17) is 0 Å². The first kappa shape index (κ1) is 10.8. The van der Waals surface area contributed by atoms with Crippen LogP contribution in [0.5, 0.6) is 0 Å². The molecule has 15 heavy (non-hydrogen) atoms. The summed E-state index contributed by atoms with van der Waals surface area (Å²) in [6, 6.07) is 2.06. The fourth-order valence-corrected chi connectivity index (χ4v) is 2.58. The molecule has 0 atom stereocenters. The summed E-state index contributed by atoms with van der Waals surface area (Å²) in [5, 5.41) is 0.422. The molecule has 2 nitrogen and oxygen atoms in total. The summed E-state index contributed by atoms with van der Waals surface area (Å²) in [7, 11) is 0. The summed E-state index contributed by atoms with van der Waals surface area (Å²) in [5.41, 5.74) is 0.407. The molecule has 1 aromatic rings. The Morgan fingerprint density at radius 3 is 2.60 bits per heavy atom. The van der Waals surface area contributed by atoms with Gasteiger partial charge in [-0.3, -0.25) is 4.79 Å². The molecule has 0 radical (unpaired) electrons. The first-order valence-corrected chi connectivity index (χ1v) is 5.75. The highest BCUT2D eigenvalue weighted by molar-refractivity contribution is 9.10. The number of halogens is 3. The van der Waals surface area contributed by atoms with Crippen molar-refractivity contribution in [2.24, 2.45) is 4.99 Å². The maximum atomic E-state index is 13.0. The topological polar surface area (TPSA) is 29.4 Å². The van der Waals surface area contributed by atoms with Crippen LogP contribution in [0, 0.1) is 11.6 Å². The Hall–Kier alpha value is -0.750. The second-order valence-corrected chi connectivity index (χ2v) is 4.66. The van der Waals surface area contributed by atoms with Gasteiger partial charge in [-0.1, -0.05) is 11.8 Å². The van der Waals surface area contributed by atoms with Crippen LogP contribution < -0.4 is 0 Å². The molecule has 78 valence electrons. The van der Waals surface area contributed by atoms with E-state index in [-0.39, 0.29) is 11.7 Å². The van der Waals surface area contributed by atoms with Crippen LogP contribution in [-0.2, 0) is 4.79 Å². The first-order chi connectivity index (χ1) is 7.08. The summed E-state index contributed by atoms with van der Waals surface area (Å²) >= 11 is 4.31. The van der Waals surface area contributed by atoms with Crippen LogP contribution in [0.4, 0.5) is 8.78 Å². The Bertz CT molecular complexity index is 475. The number of benzene rings is 1. The number of hydrogen-bond donors (Lipinski definition) is 0. The largest absolute Gasteiger partial charge is 0.272 e. The third-order valence-electron chi connectivity index (χ3n) is 1.80. The van der Waals surface area contributed by atoms with Gasteiger partial charge in [-0.05, 0) is 28.1 Å². The average molecular weight is 292 g/mol. The maximum absolute atomic E-state index is 13.0. The van der Waals surface area contributed by atoms with Gasteiger partial charge in [-0.25, -0.2) is 13.8 Å². The number of carbonyl (C=O) groups is 1. The van der Waals surface area contributed by atoms with Gasteiger partial charge in [0, 0.05) is 10.0 Å². The molecule has 1 heterocycles. The van der Waals surface area contributed by atoms with E-state index in [1.54, 1.807) is 0 Å². The predicted molar refractivity (Wildman–Crippen MR) is 58.1 cm³/mol. The van der Waals surface area contributed by atoms with E-state index < -0.39 is 11.6 Å². The van der Waals surface area contributed by atoms with Crippen LogP contribution in [0.25, 0.3) is 0 Å². The number of amides is 1. The Kier molecular flexibility index (Phi) is 2.88. The van der Waals surface area contributed by atoms with E-state index in [9.17, 15) is 13.6 Å². The van der Waals surface area contributed by atoms with Gasteiger partial charge in [-0.15, -0.1) is 0 Å². The molecule has 2 rings (SSSR count). The van der Waals surface area contributed by atoms with Crippen molar-refractivity contribution in [1.82, 2.24) is 0 Å². The van der Waals surface area contributed by atoms with Crippen molar-refractivity contribution in [1.29, 1.82) is 0 Å². The van der Waals surface area contributed by atoms with Gasteiger partial charge in [0.05, 0.1) is 5.75 Å². The zero-order valence-corrected chi connectivity index (χ0v) is 9.66. The molecule has 1 amide bonds. The predicted octanol–water partition coefficient (Wildman–Crippen LogP) is 2.75. The Labute approximate surface area is 96.9 Å². The van der Waals surface area contributed by atoms with Gasteiger partial charge in [0.1, 0.15) is 5.04 Å². The van der Waals surface area contributed by atoms with E-state index in [2.05, 4.69) is 20.9 Å². The number of thioether (sulfide) groups is 1. The molecule has 0 N–H and O–H groups in total. The lowest BCUT2D eigenvalue weighted by Crippen LogP contribution is -1.97. The monoisotopic (exact) mass is 291 g/mol. The molecule has 0 bridgehead atoms. The van der Waals surface area contributed by atoms with Gasteiger partial charge in [0.25, 0.3) is 5.91 Å². The highest BCUT2D eigenvalue weighted by Crippen LogP contribution is 2.27. The highest BCUT2D eigenvalue weighted by atomic mass is 79.9. The van der Waals surface area contributed by atoms with Gasteiger partial charge >= 0.3 is 0 Å². The lowest BCUT2D eigenvalue weighted by molar-refractivity contribution is -0.115. The molecule has 0 saturated carbocycles. The van der Waals surface area contributed by atoms with Gasteiger partial charge in [0.2, 0.25) is 0 Å². The van der Waals surface area contributed by atoms with Crippen molar-refractivity contribution in [3.05, 3.63) is 33.8 Å². The number of hydrogen-bond acceptors (Lipinski definition) is 2. The minimum Gasteiger partial charge on any atom is -0.272 e. The van der Waals surface area contributed by atoms with Gasteiger partial charge in [-0.2, -0.15) is 0 Å². The minimum absolute atomic E-state index is 0.251. The lowest BCUT2D eigenvalue weighted by atomic mass is 10.2. The maximum Gasteiger partial charge on any atom is 0.257 e. The SMILES string of the molecule is O=C1CSC(c2cc(F)c(F)cc2Br)=N1. The van der Waals surface area contributed by atoms with Crippen LogP contribution in [0.2, 0.25) is 0 Å². The Morgan fingerprint density at radius 1 is 1.33 bits per heavy atom. The smallest absolute Gasteiger partial charge is 0.257 e. The minimum atomic E-state index is -0.948. The molecule has 1 aromatic carbocycles. The fourth-order valence-electron chi connectivity index (χ4n) is 1.13. The van der Waals surface area contributed by atoms with Crippen molar-refractivity contribution in [2.75, 3.05) is 5.75 Å².